The fraction of sp³-hybridized carbons (Fsp3) is 0.500. The number of nitrogens with two attached hydrogens (primary N) is 1. The summed E-state index contributed by atoms with van der Waals surface area (Å²) >= 11 is 0. The van der Waals surface area contributed by atoms with Crippen LogP contribution in [0.15, 0.2) is 18.2 Å². The molecule has 1 aromatic heterocycles. The molecule has 4 nitrogen and oxygen atoms in total. The van der Waals surface area contributed by atoms with Gasteiger partial charge in [0.15, 0.2) is 0 Å². The van der Waals surface area contributed by atoms with Gasteiger partial charge in [0.05, 0.1) is 6.04 Å². The van der Waals surface area contributed by atoms with Gasteiger partial charge in [-0.2, -0.15) is 0 Å². The standard InChI is InChI=1S/C12H19N3O/c1-8-6-5-7-9(14-8)15-11(16)10(13)12(2,3)4/h5-7,10H,13H2,1-4H3,(H,14,15,16)/t10-/m0/s1. The maximum atomic E-state index is 11.8. The summed E-state index contributed by atoms with van der Waals surface area (Å²) in [6, 6.07) is 4.93. The molecule has 0 saturated heterocycles. The Bertz CT molecular complexity index is 382. The number of hydrogen-bond donors (Lipinski definition) is 2. The minimum Gasteiger partial charge on any atom is -0.319 e. The van der Waals surface area contributed by atoms with E-state index in [1.807, 2.05) is 39.8 Å². The third-order valence-electron chi connectivity index (χ3n) is 2.36. The topological polar surface area (TPSA) is 68.0 Å². The average Bonchev–Trinajstić information content (AvgIpc) is 2.15. The first kappa shape index (κ1) is 12.6. The molecule has 88 valence electrons. The third kappa shape index (κ3) is 3.31. The van der Waals surface area contributed by atoms with E-state index in [1.165, 1.54) is 0 Å². The van der Waals surface area contributed by atoms with Crippen LogP contribution < -0.4 is 11.1 Å². The lowest BCUT2D eigenvalue weighted by atomic mass is 9.87. The summed E-state index contributed by atoms with van der Waals surface area (Å²) in [5.74, 6) is 0.343. The lowest BCUT2D eigenvalue weighted by molar-refractivity contribution is -0.119. The highest BCUT2D eigenvalue weighted by molar-refractivity contribution is 5.94. The first-order valence-corrected chi connectivity index (χ1v) is 5.31. The quantitative estimate of drug-likeness (QED) is 0.798. The van der Waals surface area contributed by atoms with Crippen molar-refractivity contribution in [1.82, 2.24) is 4.98 Å². The number of nitrogens with zero attached hydrogens (tertiary/aromatic N) is 1. The highest BCUT2D eigenvalue weighted by Crippen LogP contribution is 2.18. The van der Waals surface area contributed by atoms with Gasteiger partial charge >= 0.3 is 0 Å². The van der Waals surface area contributed by atoms with Crippen LogP contribution in [0.2, 0.25) is 0 Å². The molecule has 1 atom stereocenters. The summed E-state index contributed by atoms with van der Waals surface area (Å²) in [6.07, 6.45) is 0. The molecular formula is C12H19N3O. The van der Waals surface area contributed by atoms with Crippen LogP contribution in [-0.4, -0.2) is 16.9 Å². The van der Waals surface area contributed by atoms with Crippen molar-refractivity contribution in [2.24, 2.45) is 11.1 Å². The van der Waals surface area contributed by atoms with Gasteiger partial charge in [0.2, 0.25) is 5.91 Å². The van der Waals surface area contributed by atoms with Crippen molar-refractivity contribution < 1.29 is 4.79 Å². The van der Waals surface area contributed by atoms with E-state index in [9.17, 15) is 4.79 Å². The fourth-order valence-electron chi connectivity index (χ4n) is 1.21. The molecule has 16 heavy (non-hydrogen) atoms. The SMILES string of the molecule is Cc1cccc(NC(=O)[C@H](N)C(C)(C)C)n1. The highest BCUT2D eigenvalue weighted by Gasteiger charge is 2.27. The Kier molecular flexibility index (Phi) is 3.65. The Morgan fingerprint density at radius 1 is 1.44 bits per heavy atom. The zero-order chi connectivity index (χ0) is 12.3. The van der Waals surface area contributed by atoms with E-state index in [0.29, 0.717) is 5.82 Å². The van der Waals surface area contributed by atoms with Crippen molar-refractivity contribution >= 4 is 11.7 Å². The van der Waals surface area contributed by atoms with Crippen LogP contribution in [0.25, 0.3) is 0 Å². The predicted octanol–water partition coefficient (Wildman–Crippen LogP) is 1.70. The van der Waals surface area contributed by atoms with Gasteiger partial charge < -0.3 is 11.1 Å². The fourth-order valence-corrected chi connectivity index (χ4v) is 1.21. The van der Waals surface area contributed by atoms with Crippen LogP contribution in [0.4, 0.5) is 5.82 Å². The van der Waals surface area contributed by atoms with Gasteiger partial charge in [-0.15, -0.1) is 0 Å². The number of hydrogen-bond acceptors (Lipinski definition) is 3. The second kappa shape index (κ2) is 4.61. The maximum Gasteiger partial charge on any atom is 0.242 e. The van der Waals surface area contributed by atoms with E-state index in [-0.39, 0.29) is 11.3 Å². The zero-order valence-electron chi connectivity index (χ0n) is 10.2. The monoisotopic (exact) mass is 221 g/mol. The minimum absolute atomic E-state index is 0.203. The number of amides is 1. The second-order valence-corrected chi connectivity index (χ2v) is 5.00. The molecule has 1 aromatic rings. The van der Waals surface area contributed by atoms with Gasteiger partial charge in [-0.05, 0) is 24.5 Å². The first-order valence-electron chi connectivity index (χ1n) is 5.31. The van der Waals surface area contributed by atoms with E-state index in [4.69, 9.17) is 5.73 Å². The molecule has 0 radical (unpaired) electrons. The number of pyridine rings is 1. The molecule has 0 saturated carbocycles. The van der Waals surface area contributed by atoms with E-state index >= 15 is 0 Å². The Balaban J connectivity index is 2.72. The molecule has 1 amide bonds. The molecule has 0 spiro atoms. The summed E-state index contributed by atoms with van der Waals surface area (Å²) in [5.41, 5.74) is 6.45. The number of aryl methyl sites for hydroxylation is 1. The van der Waals surface area contributed by atoms with Gasteiger partial charge in [-0.3, -0.25) is 4.79 Å². The van der Waals surface area contributed by atoms with Crippen LogP contribution in [0.5, 0.6) is 0 Å². The van der Waals surface area contributed by atoms with Crippen molar-refractivity contribution in [2.45, 2.75) is 33.7 Å². The van der Waals surface area contributed by atoms with E-state index in [1.54, 1.807) is 6.07 Å². The van der Waals surface area contributed by atoms with Crippen molar-refractivity contribution in [3.05, 3.63) is 23.9 Å². The first-order chi connectivity index (χ1) is 7.30. The Morgan fingerprint density at radius 3 is 2.56 bits per heavy atom. The lowest BCUT2D eigenvalue weighted by Gasteiger charge is -2.25. The van der Waals surface area contributed by atoms with Crippen molar-refractivity contribution in [1.29, 1.82) is 0 Å². The molecule has 1 rings (SSSR count). The lowest BCUT2D eigenvalue weighted by Crippen LogP contribution is -2.45. The number of carbonyl (C=O) groups excluding carboxylic acids is 1. The normalized spacial score (nSPS) is 13.3. The highest BCUT2D eigenvalue weighted by atomic mass is 16.2. The van der Waals surface area contributed by atoms with Crippen molar-refractivity contribution in [3.8, 4) is 0 Å². The van der Waals surface area contributed by atoms with Crippen LogP contribution in [0.1, 0.15) is 26.5 Å². The van der Waals surface area contributed by atoms with Gasteiger partial charge in [0, 0.05) is 5.69 Å². The number of anilines is 1. The van der Waals surface area contributed by atoms with Crippen molar-refractivity contribution in [2.75, 3.05) is 5.32 Å². The molecule has 4 heteroatoms. The second-order valence-electron chi connectivity index (χ2n) is 5.00. The molecule has 0 aromatic carbocycles. The van der Waals surface area contributed by atoms with Gasteiger partial charge in [0.25, 0.3) is 0 Å². The molecule has 0 aliphatic rings. The van der Waals surface area contributed by atoms with Crippen LogP contribution in [0.3, 0.4) is 0 Å². The van der Waals surface area contributed by atoms with E-state index in [2.05, 4.69) is 10.3 Å². The largest absolute Gasteiger partial charge is 0.319 e. The van der Waals surface area contributed by atoms with Gasteiger partial charge in [-0.25, -0.2) is 4.98 Å². The smallest absolute Gasteiger partial charge is 0.242 e. The molecule has 0 fully saturated rings. The summed E-state index contributed by atoms with van der Waals surface area (Å²) in [7, 11) is 0. The molecular weight excluding hydrogens is 202 g/mol. The van der Waals surface area contributed by atoms with Crippen LogP contribution in [0, 0.1) is 12.3 Å². The number of rotatable bonds is 2. The van der Waals surface area contributed by atoms with Crippen LogP contribution in [-0.2, 0) is 4.79 Å². The minimum atomic E-state index is -0.546. The molecule has 0 aliphatic carbocycles. The predicted molar refractivity (Wildman–Crippen MR) is 65.0 cm³/mol. The Hall–Kier alpha value is -1.42. The summed E-state index contributed by atoms with van der Waals surface area (Å²) < 4.78 is 0. The number of carbonyl (C=O) groups is 1. The molecule has 0 unspecified atom stereocenters. The zero-order valence-corrected chi connectivity index (χ0v) is 10.2. The van der Waals surface area contributed by atoms with E-state index in [0.717, 1.165) is 5.69 Å². The van der Waals surface area contributed by atoms with Gasteiger partial charge in [-0.1, -0.05) is 26.8 Å². The summed E-state index contributed by atoms with van der Waals surface area (Å²) in [4.78, 5) is 16.0. The summed E-state index contributed by atoms with van der Waals surface area (Å²) in [5, 5.41) is 2.71. The summed E-state index contributed by atoms with van der Waals surface area (Å²) in [6.45, 7) is 7.67. The molecule has 0 aliphatic heterocycles. The Labute approximate surface area is 96.3 Å². The van der Waals surface area contributed by atoms with E-state index < -0.39 is 6.04 Å². The van der Waals surface area contributed by atoms with Crippen molar-refractivity contribution in [3.63, 3.8) is 0 Å². The number of nitrogens with one attached hydrogen (secondary N) is 1. The van der Waals surface area contributed by atoms with Gasteiger partial charge in [0.1, 0.15) is 5.82 Å². The Morgan fingerprint density at radius 2 is 2.06 bits per heavy atom. The maximum absolute atomic E-state index is 11.8. The van der Waals surface area contributed by atoms with Crippen LogP contribution >= 0.6 is 0 Å². The molecule has 0 bridgehead atoms. The molecule has 1 heterocycles. The average molecular weight is 221 g/mol. The number of aromatic nitrogens is 1. The molecule has 3 N–H and O–H groups in total. The third-order valence-corrected chi connectivity index (χ3v) is 2.36.